The summed E-state index contributed by atoms with van der Waals surface area (Å²) < 4.78 is 31.7. The summed E-state index contributed by atoms with van der Waals surface area (Å²) in [7, 11) is 0. The summed E-state index contributed by atoms with van der Waals surface area (Å²) in [5.74, 6) is -2.76. The van der Waals surface area contributed by atoms with Crippen molar-refractivity contribution < 1.29 is 27.9 Å². The molecule has 2 aromatic rings. The van der Waals surface area contributed by atoms with Crippen LogP contribution in [0.2, 0.25) is 0 Å². The number of carboxylic acid groups (broad SMARTS) is 1. The monoisotopic (exact) mass is 437 g/mol. The third-order valence-corrected chi connectivity index (χ3v) is 4.74. The lowest BCUT2D eigenvalue weighted by molar-refractivity contribution is -0.192. The largest absolute Gasteiger partial charge is 0.490 e. The molecule has 0 aromatic heterocycles. The number of amides is 1. The van der Waals surface area contributed by atoms with Gasteiger partial charge in [0.1, 0.15) is 0 Å². The summed E-state index contributed by atoms with van der Waals surface area (Å²) in [6, 6.07) is 20.5. The Morgan fingerprint density at radius 3 is 1.97 bits per heavy atom. The van der Waals surface area contributed by atoms with E-state index in [1.165, 1.54) is 5.69 Å². The molecule has 1 aliphatic rings. The summed E-state index contributed by atoms with van der Waals surface area (Å²) in [5.41, 5.74) is 2.03. The summed E-state index contributed by atoms with van der Waals surface area (Å²) >= 11 is 0. The lowest BCUT2D eigenvalue weighted by Crippen LogP contribution is -2.44. The van der Waals surface area contributed by atoms with Crippen molar-refractivity contribution in [2.75, 3.05) is 31.1 Å². The van der Waals surface area contributed by atoms with Gasteiger partial charge in [0.25, 0.3) is 5.91 Å². The molecule has 6 nitrogen and oxygen atoms in total. The molecule has 0 spiro atoms. The fourth-order valence-corrected chi connectivity index (χ4v) is 3.12. The van der Waals surface area contributed by atoms with Crippen molar-refractivity contribution in [2.45, 2.75) is 25.1 Å². The van der Waals surface area contributed by atoms with Crippen LogP contribution in [-0.4, -0.2) is 55.4 Å². The van der Waals surface area contributed by atoms with E-state index in [0.717, 1.165) is 32.5 Å². The normalized spacial score (nSPS) is 14.4. The highest BCUT2D eigenvalue weighted by Crippen LogP contribution is 2.19. The number of carbonyl (C=O) groups is 2. The molecule has 0 saturated carbocycles. The van der Waals surface area contributed by atoms with Gasteiger partial charge in [0, 0.05) is 43.5 Å². The van der Waals surface area contributed by atoms with Gasteiger partial charge in [-0.2, -0.15) is 13.2 Å². The first-order chi connectivity index (χ1) is 14.8. The predicted octanol–water partition coefficient (Wildman–Crippen LogP) is 3.31. The topological polar surface area (TPSA) is 81.7 Å². The molecule has 168 valence electrons. The maximum atomic E-state index is 12.0. The lowest BCUT2D eigenvalue weighted by atomic mass is 10.0. The van der Waals surface area contributed by atoms with E-state index in [1.807, 2.05) is 30.3 Å². The molecule has 0 radical (unpaired) electrons. The summed E-state index contributed by atoms with van der Waals surface area (Å²) in [6.07, 6.45) is -2.80. The van der Waals surface area contributed by atoms with Crippen LogP contribution in [0.15, 0.2) is 60.7 Å². The van der Waals surface area contributed by atoms with Crippen LogP contribution >= 0.6 is 0 Å². The highest BCUT2D eigenvalue weighted by Gasteiger charge is 2.38. The number of aliphatic carboxylic acids is 1. The molecule has 3 rings (SSSR count). The van der Waals surface area contributed by atoms with Gasteiger partial charge in [-0.05, 0) is 37.1 Å². The van der Waals surface area contributed by atoms with E-state index in [2.05, 4.69) is 45.9 Å². The minimum Gasteiger partial charge on any atom is -0.475 e. The number of nitrogens with one attached hydrogen (secondary N) is 2. The number of para-hydroxylation sites is 1. The average molecular weight is 437 g/mol. The van der Waals surface area contributed by atoms with Gasteiger partial charge in [0.2, 0.25) is 0 Å². The number of halogens is 3. The van der Waals surface area contributed by atoms with Gasteiger partial charge >= 0.3 is 12.1 Å². The van der Waals surface area contributed by atoms with Crippen LogP contribution in [0.3, 0.4) is 0 Å². The van der Waals surface area contributed by atoms with Crippen molar-refractivity contribution in [1.82, 2.24) is 10.6 Å². The van der Waals surface area contributed by atoms with Crippen LogP contribution < -0.4 is 15.5 Å². The molecular formula is C22H26F3N3O3. The first-order valence-electron chi connectivity index (χ1n) is 9.94. The Morgan fingerprint density at radius 1 is 0.935 bits per heavy atom. The van der Waals surface area contributed by atoms with Crippen molar-refractivity contribution in [1.29, 1.82) is 0 Å². The number of benzene rings is 2. The quantitative estimate of drug-likeness (QED) is 0.604. The van der Waals surface area contributed by atoms with E-state index in [1.54, 1.807) is 0 Å². The summed E-state index contributed by atoms with van der Waals surface area (Å²) in [4.78, 5) is 23.3. The van der Waals surface area contributed by atoms with Gasteiger partial charge in [-0.3, -0.25) is 4.79 Å². The number of alkyl halides is 3. The first-order valence-corrected chi connectivity index (χ1v) is 9.94. The fourth-order valence-electron chi connectivity index (χ4n) is 3.12. The molecule has 0 bridgehead atoms. The van der Waals surface area contributed by atoms with Crippen LogP contribution in [0.5, 0.6) is 0 Å². The van der Waals surface area contributed by atoms with Gasteiger partial charge in [-0.1, -0.05) is 36.4 Å². The van der Waals surface area contributed by atoms with E-state index in [0.29, 0.717) is 18.2 Å². The molecule has 0 atom stereocenters. The minimum atomic E-state index is -5.08. The molecular weight excluding hydrogens is 411 g/mol. The second-order valence-electron chi connectivity index (χ2n) is 6.98. The number of carbonyl (C=O) groups excluding carboxylic acids is 1. The first kappa shape index (κ1) is 24.2. The van der Waals surface area contributed by atoms with E-state index < -0.39 is 12.1 Å². The van der Waals surface area contributed by atoms with E-state index in [-0.39, 0.29) is 5.91 Å². The number of carboxylic acids is 1. The molecule has 31 heavy (non-hydrogen) atoms. The maximum Gasteiger partial charge on any atom is 0.490 e. The number of nitrogens with zero attached hydrogens (tertiary/aromatic N) is 1. The summed E-state index contributed by atoms with van der Waals surface area (Å²) in [6.45, 7) is 3.64. The van der Waals surface area contributed by atoms with Gasteiger partial charge in [0.05, 0.1) is 0 Å². The predicted molar refractivity (Wildman–Crippen MR) is 112 cm³/mol. The second kappa shape index (κ2) is 11.9. The molecule has 1 fully saturated rings. The highest BCUT2D eigenvalue weighted by molar-refractivity contribution is 5.94. The van der Waals surface area contributed by atoms with Gasteiger partial charge in [-0.25, -0.2) is 4.79 Å². The standard InChI is InChI=1S/C20H25N3O.C2HF3O2/c24-20(17-7-3-1-4-8-17)22-14-13-21-18-11-15-23(16-12-18)19-9-5-2-6-10-19;3-2(4,5)1(6)7/h1-10,18,21H,11-16H2,(H,22,24);(H,6,7). The number of anilines is 1. The average Bonchev–Trinajstić information content (AvgIpc) is 2.78. The van der Waals surface area contributed by atoms with Gasteiger partial charge in [-0.15, -0.1) is 0 Å². The zero-order valence-corrected chi connectivity index (χ0v) is 16.9. The van der Waals surface area contributed by atoms with Gasteiger partial charge < -0.3 is 20.6 Å². The van der Waals surface area contributed by atoms with Crippen LogP contribution in [0.25, 0.3) is 0 Å². The zero-order valence-electron chi connectivity index (χ0n) is 16.9. The van der Waals surface area contributed by atoms with Crippen molar-refractivity contribution in [3.63, 3.8) is 0 Å². The molecule has 2 aromatic carbocycles. The van der Waals surface area contributed by atoms with Crippen LogP contribution in [0.1, 0.15) is 23.2 Å². The number of rotatable bonds is 6. The Balaban J connectivity index is 0.000000423. The molecule has 9 heteroatoms. The van der Waals surface area contributed by atoms with Crippen LogP contribution in [0.4, 0.5) is 18.9 Å². The number of hydrogen-bond acceptors (Lipinski definition) is 4. The Kier molecular flexibility index (Phi) is 9.33. The van der Waals surface area contributed by atoms with E-state index in [9.17, 15) is 18.0 Å². The fraction of sp³-hybridized carbons (Fsp3) is 0.364. The van der Waals surface area contributed by atoms with Crippen LogP contribution in [-0.2, 0) is 4.79 Å². The van der Waals surface area contributed by atoms with Crippen molar-refractivity contribution in [3.8, 4) is 0 Å². The number of piperidine rings is 1. The smallest absolute Gasteiger partial charge is 0.475 e. The van der Waals surface area contributed by atoms with E-state index >= 15 is 0 Å². The number of hydrogen-bond donors (Lipinski definition) is 3. The molecule has 3 N–H and O–H groups in total. The second-order valence-corrected chi connectivity index (χ2v) is 6.98. The molecule has 1 saturated heterocycles. The van der Waals surface area contributed by atoms with Crippen LogP contribution in [0, 0.1) is 0 Å². The Labute approximate surface area is 179 Å². The molecule has 0 aliphatic carbocycles. The third-order valence-electron chi connectivity index (χ3n) is 4.74. The molecule has 0 unspecified atom stereocenters. The van der Waals surface area contributed by atoms with Gasteiger partial charge in [0.15, 0.2) is 0 Å². The Bertz CT molecular complexity index is 809. The van der Waals surface area contributed by atoms with E-state index in [4.69, 9.17) is 9.90 Å². The van der Waals surface area contributed by atoms with Crippen molar-refractivity contribution >= 4 is 17.6 Å². The van der Waals surface area contributed by atoms with Crippen molar-refractivity contribution in [2.24, 2.45) is 0 Å². The molecule has 1 heterocycles. The Hall–Kier alpha value is -3.07. The molecule has 1 aliphatic heterocycles. The van der Waals surface area contributed by atoms with Crippen molar-refractivity contribution in [3.05, 3.63) is 66.2 Å². The maximum absolute atomic E-state index is 12.0. The summed E-state index contributed by atoms with van der Waals surface area (Å²) in [5, 5.41) is 13.6. The third kappa shape index (κ3) is 8.67. The SMILES string of the molecule is O=C(NCCNC1CCN(c2ccccc2)CC1)c1ccccc1.O=C(O)C(F)(F)F. The lowest BCUT2D eigenvalue weighted by Gasteiger charge is -2.34. The molecule has 1 amide bonds. The zero-order chi connectivity index (χ0) is 22.7. The highest BCUT2D eigenvalue weighted by atomic mass is 19.4. The minimum absolute atomic E-state index is 0.00343. The Morgan fingerprint density at radius 2 is 1.45 bits per heavy atom.